The fraction of sp³-hybridized carbons (Fsp3) is 0.571. The van der Waals surface area contributed by atoms with Gasteiger partial charge in [-0.05, 0) is 50.6 Å². The van der Waals surface area contributed by atoms with Gasteiger partial charge in [0.1, 0.15) is 0 Å². The number of alkyl halides is 2. The molecule has 0 aliphatic rings. The number of rotatable bonds is 7. The standard InChI is InChI=1S/C21H30F2N2O/c1-7-14(3)18-19(21(22,23)8-2)16-13-15(11-12-24(4)5)9-10-17(16)25(6)20(18)26/h9-10,13-14H,7-8,11-12H2,1-6H3. The molecule has 144 valence electrons. The number of pyridine rings is 1. The Hall–Kier alpha value is -1.75. The molecule has 1 unspecified atom stereocenters. The fourth-order valence-corrected chi connectivity index (χ4v) is 3.36. The maximum absolute atomic E-state index is 15.0. The second kappa shape index (κ2) is 7.87. The molecule has 0 fully saturated rings. The Morgan fingerprint density at radius 1 is 1.23 bits per heavy atom. The lowest BCUT2D eigenvalue weighted by molar-refractivity contribution is -0.00808. The van der Waals surface area contributed by atoms with E-state index in [0.29, 0.717) is 17.3 Å². The first-order valence-electron chi connectivity index (χ1n) is 9.32. The van der Waals surface area contributed by atoms with Crippen molar-refractivity contribution in [2.24, 2.45) is 7.05 Å². The highest BCUT2D eigenvalue weighted by Gasteiger charge is 2.37. The van der Waals surface area contributed by atoms with Crippen molar-refractivity contribution in [3.05, 3.63) is 45.2 Å². The Labute approximate surface area is 154 Å². The van der Waals surface area contributed by atoms with Crippen molar-refractivity contribution in [1.82, 2.24) is 9.47 Å². The first-order chi connectivity index (χ1) is 12.1. The van der Waals surface area contributed by atoms with E-state index >= 15 is 0 Å². The molecule has 1 aromatic heterocycles. The van der Waals surface area contributed by atoms with Crippen LogP contribution in [0.4, 0.5) is 8.78 Å². The van der Waals surface area contributed by atoms with Crippen LogP contribution in [0.3, 0.4) is 0 Å². The Morgan fingerprint density at radius 3 is 2.42 bits per heavy atom. The van der Waals surface area contributed by atoms with Crippen LogP contribution in [-0.2, 0) is 19.4 Å². The van der Waals surface area contributed by atoms with Crippen molar-refractivity contribution in [2.45, 2.75) is 51.9 Å². The first kappa shape index (κ1) is 20.6. The highest BCUT2D eigenvalue weighted by molar-refractivity contribution is 5.85. The molecule has 2 aromatic rings. The number of nitrogens with zero attached hydrogens (tertiary/aromatic N) is 2. The number of likely N-dealkylation sites (N-methyl/N-ethyl adjacent to an activating group) is 1. The summed E-state index contributed by atoms with van der Waals surface area (Å²) in [5.74, 6) is -3.24. The quantitative estimate of drug-likeness (QED) is 0.714. The van der Waals surface area contributed by atoms with Gasteiger partial charge in [-0.15, -0.1) is 0 Å². The Morgan fingerprint density at radius 2 is 1.88 bits per heavy atom. The molecule has 1 atom stereocenters. The van der Waals surface area contributed by atoms with Gasteiger partial charge in [-0.25, -0.2) is 8.78 Å². The number of fused-ring (bicyclic) bond motifs is 1. The summed E-state index contributed by atoms with van der Waals surface area (Å²) in [6, 6.07) is 5.59. The Bertz CT molecular complexity index is 840. The van der Waals surface area contributed by atoms with Gasteiger partial charge in [0, 0.05) is 36.5 Å². The van der Waals surface area contributed by atoms with Crippen LogP contribution in [0.5, 0.6) is 0 Å². The summed E-state index contributed by atoms with van der Waals surface area (Å²) in [5.41, 5.74) is 1.46. The smallest absolute Gasteiger partial charge is 0.274 e. The van der Waals surface area contributed by atoms with E-state index in [4.69, 9.17) is 0 Å². The third-order valence-corrected chi connectivity index (χ3v) is 5.26. The summed E-state index contributed by atoms with van der Waals surface area (Å²) in [6.07, 6.45) is 1.11. The molecule has 0 saturated heterocycles. The molecule has 0 radical (unpaired) electrons. The highest BCUT2D eigenvalue weighted by Crippen LogP contribution is 2.40. The number of benzene rings is 1. The van der Waals surface area contributed by atoms with Crippen LogP contribution in [0, 0.1) is 0 Å². The zero-order valence-electron chi connectivity index (χ0n) is 16.7. The molecule has 0 saturated carbocycles. The maximum Gasteiger partial charge on any atom is 0.274 e. The second-order valence-electron chi connectivity index (χ2n) is 7.42. The van der Waals surface area contributed by atoms with Crippen molar-refractivity contribution in [1.29, 1.82) is 0 Å². The molecule has 1 aromatic carbocycles. The number of hydrogen-bond acceptors (Lipinski definition) is 2. The van der Waals surface area contributed by atoms with Crippen LogP contribution >= 0.6 is 0 Å². The molecule has 0 amide bonds. The van der Waals surface area contributed by atoms with Gasteiger partial charge in [0.2, 0.25) is 0 Å². The van der Waals surface area contributed by atoms with Gasteiger partial charge >= 0.3 is 0 Å². The van der Waals surface area contributed by atoms with Crippen LogP contribution in [0.2, 0.25) is 0 Å². The van der Waals surface area contributed by atoms with E-state index in [1.54, 1.807) is 13.1 Å². The molecule has 0 spiro atoms. The monoisotopic (exact) mass is 364 g/mol. The van der Waals surface area contributed by atoms with Crippen molar-refractivity contribution in [3.8, 4) is 0 Å². The Balaban J connectivity index is 2.86. The zero-order chi connectivity index (χ0) is 19.6. The van der Waals surface area contributed by atoms with Crippen LogP contribution in [0.15, 0.2) is 23.0 Å². The summed E-state index contributed by atoms with van der Waals surface area (Å²) in [7, 11) is 5.65. The van der Waals surface area contributed by atoms with Gasteiger partial charge in [0.15, 0.2) is 0 Å². The molecular weight excluding hydrogens is 334 g/mol. The van der Waals surface area contributed by atoms with Crippen molar-refractivity contribution >= 4 is 10.9 Å². The summed E-state index contributed by atoms with van der Waals surface area (Å²) < 4.78 is 31.5. The minimum absolute atomic E-state index is 0.0702. The minimum Gasteiger partial charge on any atom is -0.311 e. The van der Waals surface area contributed by atoms with E-state index in [9.17, 15) is 13.6 Å². The zero-order valence-corrected chi connectivity index (χ0v) is 16.7. The summed E-state index contributed by atoms with van der Waals surface area (Å²) >= 11 is 0. The molecule has 1 heterocycles. The molecule has 0 aliphatic carbocycles. The van der Waals surface area contributed by atoms with Gasteiger partial charge in [0.05, 0.1) is 5.52 Å². The summed E-state index contributed by atoms with van der Waals surface area (Å²) in [6.45, 7) is 6.10. The normalized spacial score (nSPS) is 13.6. The van der Waals surface area contributed by atoms with Gasteiger partial charge in [-0.3, -0.25) is 4.79 Å². The third kappa shape index (κ3) is 3.83. The minimum atomic E-state index is -3.02. The van der Waals surface area contributed by atoms with Gasteiger partial charge in [-0.2, -0.15) is 0 Å². The van der Waals surface area contributed by atoms with Gasteiger partial charge in [-0.1, -0.05) is 26.8 Å². The van der Waals surface area contributed by atoms with E-state index in [1.165, 1.54) is 11.5 Å². The van der Waals surface area contributed by atoms with Crippen LogP contribution in [0.25, 0.3) is 10.9 Å². The van der Waals surface area contributed by atoms with E-state index in [0.717, 1.165) is 18.5 Å². The first-order valence-corrected chi connectivity index (χ1v) is 9.32. The number of aryl methyl sites for hydroxylation is 1. The SMILES string of the molecule is CCC(C)c1c(C(F)(F)CC)c2cc(CCN(C)C)ccc2n(C)c1=O. The molecule has 26 heavy (non-hydrogen) atoms. The summed E-state index contributed by atoms with van der Waals surface area (Å²) in [5, 5.41) is 0.505. The lowest BCUT2D eigenvalue weighted by Gasteiger charge is -2.25. The predicted octanol–water partition coefficient (Wildman–Crippen LogP) is 4.66. The van der Waals surface area contributed by atoms with Crippen molar-refractivity contribution in [3.63, 3.8) is 0 Å². The third-order valence-electron chi connectivity index (χ3n) is 5.26. The molecule has 5 heteroatoms. The maximum atomic E-state index is 15.0. The van der Waals surface area contributed by atoms with Gasteiger partial charge in [0.25, 0.3) is 11.5 Å². The largest absolute Gasteiger partial charge is 0.311 e. The van der Waals surface area contributed by atoms with E-state index < -0.39 is 5.92 Å². The van der Waals surface area contributed by atoms with Crippen LogP contribution in [0.1, 0.15) is 56.2 Å². The van der Waals surface area contributed by atoms with E-state index in [1.807, 2.05) is 40.1 Å². The summed E-state index contributed by atoms with van der Waals surface area (Å²) in [4.78, 5) is 15.0. The topological polar surface area (TPSA) is 25.2 Å². The number of hydrogen-bond donors (Lipinski definition) is 0. The van der Waals surface area contributed by atoms with Crippen LogP contribution in [-0.4, -0.2) is 30.1 Å². The van der Waals surface area contributed by atoms with E-state index in [-0.39, 0.29) is 29.0 Å². The molecule has 0 N–H and O–H groups in total. The number of halogens is 2. The molecular formula is C21H30F2N2O. The van der Waals surface area contributed by atoms with Crippen molar-refractivity contribution < 1.29 is 8.78 Å². The lowest BCUT2D eigenvalue weighted by atomic mass is 9.87. The molecule has 0 bridgehead atoms. The molecule has 3 nitrogen and oxygen atoms in total. The Kier molecular flexibility index (Phi) is 6.22. The fourth-order valence-electron chi connectivity index (χ4n) is 3.36. The average Bonchev–Trinajstić information content (AvgIpc) is 2.61. The van der Waals surface area contributed by atoms with Crippen LogP contribution < -0.4 is 5.56 Å². The average molecular weight is 364 g/mol. The highest BCUT2D eigenvalue weighted by atomic mass is 19.3. The lowest BCUT2D eigenvalue weighted by Crippen LogP contribution is -2.29. The second-order valence-corrected chi connectivity index (χ2v) is 7.42. The van der Waals surface area contributed by atoms with E-state index in [2.05, 4.69) is 4.90 Å². The molecule has 0 aliphatic heterocycles. The van der Waals surface area contributed by atoms with Crippen molar-refractivity contribution in [2.75, 3.05) is 20.6 Å². The predicted molar refractivity (Wildman–Crippen MR) is 104 cm³/mol. The number of aromatic nitrogens is 1. The molecule has 2 rings (SSSR count). The van der Waals surface area contributed by atoms with Gasteiger partial charge < -0.3 is 9.47 Å².